The minimum atomic E-state index is -0.138. The number of ether oxygens (including phenoxy) is 3. The molecule has 0 bridgehead atoms. The summed E-state index contributed by atoms with van der Waals surface area (Å²) in [5, 5.41) is 0. The molecule has 0 radical (unpaired) electrons. The molecule has 4 heteroatoms. The maximum Gasteiger partial charge on any atom is 0.132 e. The van der Waals surface area contributed by atoms with Crippen molar-refractivity contribution in [1.29, 1.82) is 0 Å². The van der Waals surface area contributed by atoms with E-state index in [1.54, 1.807) is 14.2 Å². The summed E-state index contributed by atoms with van der Waals surface area (Å²) in [5.41, 5.74) is 6.93. The minimum absolute atomic E-state index is 0.0268. The van der Waals surface area contributed by atoms with Crippen LogP contribution >= 0.6 is 0 Å². The van der Waals surface area contributed by atoms with Crippen molar-refractivity contribution in [2.75, 3.05) is 14.2 Å². The molecule has 0 spiro atoms. The number of rotatable bonds is 2. The van der Waals surface area contributed by atoms with Crippen molar-refractivity contribution in [2.45, 2.75) is 19.1 Å². The van der Waals surface area contributed by atoms with E-state index in [0.29, 0.717) is 5.75 Å². The summed E-state index contributed by atoms with van der Waals surface area (Å²) in [5.74, 6) is 2.19. The Kier molecular flexibility index (Phi) is 2.44. The lowest BCUT2D eigenvalue weighted by Gasteiger charge is -2.11. The van der Waals surface area contributed by atoms with Gasteiger partial charge in [0.15, 0.2) is 0 Å². The van der Waals surface area contributed by atoms with Gasteiger partial charge in [0.1, 0.15) is 23.4 Å². The number of methoxy groups -OCH3 is 2. The minimum Gasteiger partial charge on any atom is -0.496 e. The zero-order valence-corrected chi connectivity index (χ0v) is 9.11. The van der Waals surface area contributed by atoms with Crippen molar-refractivity contribution in [1.82, 2.24) is 0 Å². The first-order valence-electron chi connectivity index (χ1n) is 4.85. The Hall–Kier alpha value is -1.42. The van der Waals surface area contributed by atoms with Gasteiger partial charge in [-0.15, -0.1) is 0 Å². The largest absolute Gasteiger partial charge is 0.496 e. The van der Waals surface area contributed by atoms with Crippen LogP contribution in [0, 0.1) is 0 Å². The molecule has 0 aromatic heterocycles. The normalized spacial score (nSPS) is 23.2. The van der Waals surface area contributed by atoms with Crippen molar-refractivity contribution < 1.29 is 14.2 Å². The molecule has 1 heterocycles. The molecule has 0 fully saturated rings. The smallest absolute Gasteiger partial charge is 0.132 e. The van der Waals surface area contributed by atoms with E-state index in [1.165, 1.54) is 0 Å². The van der Waals surface area contributed by atoms with Crippen LogP contribution in [0.1, 0.15) is 18.5 Å². The van der Waals surface area contributed by atoms with Crippen molar-refractivity contribution in [3.8, 4) is 17.2 Å². The standard InChI is InChI=1S/C11H15NO3/c1-6-11(12)10-8(14-3)4-7(13-2)5-9(10)15-6/h4-6,11H,12H2,1-3H3. The lowest BCUT2D eigenvalue weighted by Crippen LogP contribution is -2.21. The van der Waals surface area contributed by atoms with Crippen molar-refractivity contribution in [2.24, 2.45) is 5.73 Å². The average molecular weight is 209 g/mol. The fourth-order valence-electron chi connectivity index (χ4n) is 1.80. The van der Waals surface area contributed by atoms with Gasteiger partial charge in [-0.3, -0.25) is 0 Å². The summed E-state index contributed by atoms with van der Waals surface area (Å²) in [6, 6.07) is 3.52. The SMILES string of the molecule is COc1cc(OC)c2c(c1)OC(C)C2N. The molecule has 2 rings (SSSR count). The van der Waals surface area contributed by atoms with Gasteiger partial charge in [-0.2, -0.15) is 0 Å². The van der Waals surface area contributed by atoms with Gasteiger partial charge >= 0.3 is 0 Å². The highest BCUT2D eigenvalue weighted by Gasteiger charge is 2.32. The fraction of sp³-hybridized carbons (Fsp3) is 0.455. The van der Waals surface area contributed by atoms with E-state index in [2.05, 4.69) is 0 Å². The Balaban J connectivity index is 2.53. The molecule has 82 valence electrons. The Labute approximate surface area is 88.9 Å². The monoisotopic (exact) mass is 209 g/mol. The predicted molar refractivity (Wildman–Crippen MR) is 56.6 cm³/mol. The van der Waals surface area contributed by atoms with Gasteiger partial charge in [0.05, 0.1) is 25.8 Å². The Morgan fingerprint density at radius 1 is 1.27 bits per heavy atom. The van der Waals surface area contributed by atoms with Crippen LogP contribution in [-0.4, -0.2) is 20.3 Å². The summed E-state index contributed by atoms with van der Waals surface area (Å²) in [6.07, 6.45) is -0.0268. The highest BCUT2D eigenvalue weighted by atomic mass is 16.5. The fourth-order valence-corrected chi connectivity index (χ4v) is 1.80. The van der Waals surface area contributed by atoms with Crippen LogP contribution in [-0.2, 0) is 0 Å². The van der Waals surface area contributed by atoms with Gasteiger partial charge in [-0.1, -0.05) is 0 Å². The average Bonchev–Trinajstić information content (AvgIpc) is 2.53. The van der Waals surface area contributed by atoms with Crippen LogP contribution in [0.2, 0.25) is 0 Å². The molecule has 0 aliphatic carbocycles. The third kappa shape index (κ3) is 1.51. The van der Waals surface area contributed by atoms with Gasteiger partial charge in [-0.05, 0) is 6.92 Å². The molecular weight excluding hydrogens is 194 g/mol. The predicted octanol–water partition coefficient (Wildman–Crippen LogP) is 1.48. The van der Waals surface area contributed by atoms with Crippen LogP contribution < -0.4 is 19.9 Å². The third-order valence-electron chi connectivity index (χ3n) is 2.69. The lowest BCUT2D eigenvalue weighted by atomic mass is 10.0. The molecular formula is C11H15NO3. The first-order chi connectivity index (χ1) is 7.17. The van der Waals surface area contributed by atoms with E-state index in [-0.39, 0.29) is 12.1 Å². The summed E-state index contributed by atoms with van der Waals surface area (Å²) in [4.78, 5) is 0. The summed E-state index contributed by atoms with van der Waals surface area (Å²) >= 11 is 0. The molecule has 2 N–H and O–H groups in total. The summed E-state index contributed by atoms with van der Waals surface area (Å²) in [7, 11) is 3.23. The van der Waals surface area contributed by atoms with Crippen molar-refractivity contribution >= 4 is 0 Å². The molecule has 2 unspecified atom stereocenters. The molecule has 0 saturated heterocycles. The molecule has 4 nitrogen and oxygen atoms in total. The highest BCUT2D eigenvalue weighted by Crippen LogP contribution is 2.43. The number of nitrogens with two attached hydrogens (primary N) is 1. The van der Waals surface area contributed by atoms with E-state index in [9.17, 15) is 0 Å². The number of benzene rings is 1. The number of fused-ring (bicyclic) bond motifs is 1. The number of hydrogen-bond donors (Lipinski definition) is 1. The third-order valence-corrected chi connectivity index (χ3v) is 2.69. The molecule has 1 aliphatic heterocycles. The molecule has 1 aliphatic rings. The molecule has 1 aromatic carbocycles. The quantitative estimate of drug-likeness (QED) is 0.801. The van der Waals surface area contributed by atoms with E-state index in [1.807, 2.05) is 19.1 Å². The van der Waals surface area contributed by atoms with Gasteiger partial charge < -0.3 is 19.9 Å². The van der Waals surface area contributed by atoms with Gasteiger partial charge in [0.2, 0.25) is 0 Å². The molecule has 1 aromatic rings. The van der Waals surface area contributed by atoms with E-state index in [0.717, 1.165) is 17.1 Å². The van der Waals surface area contributed by atoms with Crippen LogP contribution in [0.25, 0.3) is 0 Å². The first-order valence-corrected chi connectivity index (χ1v) is 4.85. The van der Waals surface area contributed by atoms with Crippen molar-refractivity contribution in [3.63, 3.8) is 0 Å². The van der Waals surface area contributed by atoms with E-state index in [4.69, 9.17) is 19.9 Å². The first kappa shape index (κ1) is 10.1. The number of hydrogen-bond acceptors (Lipinski definition) is 4. The van der Waals surface area contributed by atoms with Crippen LogP contribution in [0.4, 0.5) is 0 Å². The topological polar surface area (TPSA) is 53.7 Å². The molecule has 2 atom stereocenters. The second-order valence-electron chi connectivity index (χ2n) is 3.59. The van der Waals surface area contributed by atoms with E-state index >= 15 is 0 Å². The lowest BCUT2D eigenvalue weighted by molar-refractivity contribution is 0.227. The van der Waals surface area contributed by atoms with Gasteiger partial charge in [-0.25, -0.2) is 0 Å². The second-order valence-corrected chi connectivity index (χ2v) is 3.59. The van der Waals surface area contributed by atoms with Crippen LogP contribution in [0.3, 0.4) is 0 Å². The second kappa shape index (κ2) is 3.62. The van der Waals surface area contributed by atoms with E-state index < -0.39 is 0 Å². The highest BCUT2D eigenvalue weighted by molar-refractivity contribution is 5.54. The maximum atomic E-state index is 6.01. The zero-order chi connectivity index (χ0) is 11.0. The van der Waals surface area contributed by atoms with Gasteiger partial charge in [0.25, 0.3) is 0 Å². The van der Waals surface area contributed by atoms with Gasteiger partial charge in [0, 0.05) is 12.1 Å². The molecule has 0 amide bonds. The zero-order valence-electron chi connectivity index (χ0n) is 9.11. The van der Waals surface area contributed by atoms with Crippen molar-refractivity contribution in [3.05, 3.63) is 17.7 Å². The summed E-state index contributed by atoms with van der Waals surface area (Å²) < 4.78 is 16.0. The maximum absolute atomic E-state index is 6.01. The Bertz CT molecular complexity index is 378. The van der Waals surface area contributed by atoms with Crippen LogP contribution in [0.15, 0.2) is 12.1 Å². The van der Waals surface area contributed by atoms with Crippen LogP contribution in [0.5, 0.6) is 17.2 Å². The Morgan fingerprint density at radius 3 is 2.60 bits per heavy atom. The molecule has 0 saturated carbocycles. The summed E-state index contributed by atoms with van der Waals surface area (Å²) in [6.45, 7) is 1.94. The Morgan fingerprint density at radius 2 is 2.00 bits per heavy atom. The molecule has 15 heavy (non-hydrogen) atoms.